The lowest BCUT2D eigenvalue weighted by atomic mass is 10.1. The molecule has 0 aliphatic carbocycles. The summed E-state index contributed by atoms with van der Waals surface area (Å²) in [6, 6.07) is 10.2. The molecule has 0 atom stereocenters. The van der Waals surface area contributed by atoms with Crippen LogP contribution >= 0.6 is 23.2 Å². The summed E-state index contributed by atoms with van der Waals surface area (Å²) < 4.78 is 5.69. The molecule has 2 rings (SSSR count). The highest BCUT2D eigenvalue weighted by Crippen LogP contribution is 2.33. The van der Waals surface area contributed by atoms with E-state index < -0.39 is 0 Å². The molecule has 0 amide bonds. The number of halogens is 2. The van der Waals surface area contributed by atoms with E-state index in [4.69, 9.17) is 27.9 Å². The Morgan fingerprint density at radius 1 is 1.06 bits per heavy atom. The van der Waals surface area contributed by atoms with Crippen molar-refractivity contribution in [2.45, 2.75) is 6.92 Å². The number of carbonyl (C=O) groups excluding carboxylic acids is 1. The van der Waals surface area contributed by atoms with Crippen molar-refractivity contribution >= 4 is 29.5 Å². The van der Waals surface area contributed by atoms with Crippen LogP contribution in [0.4, 0.5) is 0 Å². The lowest BCUT2D eigenvalue weighted by Gasteiger charge is -2.10. The fourth-order valence-electron chi connectivity index (χ4n) is 1.53. The first-order valence-electron chi connectivity index (χ1n) is 5.29. The predicted octanol–water partition coefficient (Wildman–Crippen LogP) is 4.91. The first kappa shape index (κ1) is 12.9. The van der Waals surface area contributed by atoms with E-state index in [0.717, 1.165) is 11.8 Å². The van der Waals surface area contributed by atoms with Crippen LogP contribution in [-0.2, 0) is 0 Å². The van der Waals surface area contributed by atoms with Gasteiger partial charge in [-0.2, -0.15) is 0 Å². The Kier molecular flexibility index (Phi) is 3.90. The van der Waals surface area contributed by atoms with E-state index >= 15 is 0 Å². The minimum Gasteiger partial charge on any atom is -0.455 e. The average molecular weight is 281 g/mol. The molecule has 0 saturated carbocycles. The quantitative estimate of drug-likeness (QED) is 0.747. The van der Waals surface area contributed by atoms with E-state index in [1.54, 1.807) is 36.4 Å². The van der Waals surface area contributed by atoms with Crippen LogP contribution < -0.4 is 4.74 Å². The molecule has 0 radical (unpaired) electrons. The van der Waals surface area contributed by atoms with Gasteiger partial charge in [-0.05, 0) is 42.8 Å². The van der Waals surface area contributed by atoms with Crippen molar-refractivity contribution in [3.8, 4) is 11.5 Å². The molecule has 0 fully saturated rings. The third kappa shape index (κ3) is 2.84. The molecular formula is C14H10Cl2O2. The summed E-state index contributed by atoms with van der Waals surface area (Å²) in [5.41, 5.74) is 1.47. The standard InChI is InChI=1S/C14H10Cl2O2/c1-9-6-10(8-17)2-5-13(9)18-14-7-11(15)3-4-12(14)16/h2-8H,1H3. The first-order chi connectivity index (χ1) is 8.60. The SMILES string of the molecule is Cc1cc(C=O)ccc1Oc1cc(Cl)ccc1Cl. The fraction of sp³-hybridized carbons (Fsp3) is 0.0714. The molecule has 18 heavy (non-hydrogen) atoms. The third-order valence-corrected chi connectivity index (χ3v) is 3.00. The summed E-state index contributed by atoms with van der Waals surface area (Å²) in [6.45, 7) is 1.86. The Labute approximate surface area is 115 Å². The molecule has 2 aromatic rings. The minimum absolute atomic E-state index is 0.485. The molecule has 0 spiro atoms. The summed E-state index contributed by atoms with van der Waals surface area (Å²) in [5.74, 6) is 1.14. The van der Waals surface area contributed by atoms with Gasteiger partial charge < -0.3 is 4.74 Å². The Morgan fingerprint density at radius 2 is 1.83 bits per heavy atom. The highest BCUT2D eigenvalue weighted by molar-refractivity contribution is 6.34. The smallest absolute Gasteiger partial charge is 0.150 e. The molecule has 0 aliphatic rings. The lowest BCUT2D eigenvalue weighted by Crippen LogP contribution is -1.90. The zero-order chi connectivity index (χ0) is 13.1. The van der Waals surface area contributed by atoms with Crippen molar-refractivity contribution in [2.24, 2.45) is 0 Å². The van der Waals surface area contributed by atoms with E-state index in [9.17, 15) is 4.79 Å². The van der Waals surface area contributed by atoms with Crippen LogP contribution in [0.5, 0.6) is 11.5 Å². The van der Waals surface area contributed by atoms with E-state index in [0.29, 0.717) is 27.1 Å². The van der Waals surface area contributed by atoms with Crippen molar-refractivity contribution in [3.63, 3.8) is 0 Å². The molecule has 0 aliphatic heterocycles. The van der Waals surface area contributed by atoms with Gasteiger partial charge in [-0.15, -0.1) is 0 Å². The van der Waals surface area contributed by atoms with Crippen LogP contribution in [0.3, 0.4) is 0 Å². The van der Waals surface area contributed by atoms with Gasteiger partial charge in [-0.25, -0.2) is 0 Å². The van der Waals surface area contributed by atoms with E-state index in [1.165, 1.54) is 0 Å². The molecule has 0 aromatic heterocycles. The topological polar surface area (TPSA) is 26.3 Å². The number of aryl methyl sites for hydroxylation is 1. The number of rotatable bonds is 3. The zero-order valence-electron chi connectivity index (χ0n) is 9.61. The largest absolute Gasteiger partial charge is 0.455 e. The van der Waals surface area contributed by atoms with Crippen molar-refractivity contribution in [2.75, 3.05) is 0 Å². The van der Waals surface area contributed by atoms with Gasteiger partial charge in [0.2, 0.25) is 0 Å². The van der Waals surface area contributed by atoms with E-state index in [2.05, 4.69) is 0 Å². The fourth-order valence-corrected chi connectivity index (χ4v) is 1.85. The van der Waals surface area contributed by atoms with Crippen LogP contribution in [-0.4, -0.2) is 6.29 Å². The van der Waals surface area contributed by atoms with Gasteiger partial charge in [-0.3, -0.25) is 4.79 Å². The van der Waals surface area contributed by atoms with Crippen molar-refractivity contribution in [1.29, 1.82) is 0 Å². The predicted molar refractivity (Wildman–Crippen MR) is 73.1 cm³/mol. The van der Waals surface area contributed by atoms with Gasteiger partial charge in [-0.1, -0.05) is 23.2 Å². The molecule has 4 heteroatoms. The van der Waals surface area contributed by atoms with Crippen molar-refractivity contribution < 1.29 is 9.53 Å². The summed E-state index contributed by atoms with van der Waals surface area (Å²) in [7, 11) is 0. The van der Waals surface area contributed by atoms with Gasteiger partial charge in [0, 0.05) is 16.7 Å². The van der Waals surface area contributed by atoms with Gasteiger partial charge >= 0.3 is 0 Å². The second-order valence-corrected chi connectivity index (χ2v) is 4.66. The number of carbonyl (C=O) groups is 1. The van der Waals surface area contributed by atoms with Gasteiger partial charge in [0.25, 0.3) is 0 Å². The van der Waals surface area contributed by atoms with Gasteiger partial charge in [0.15, 0.2) is 0 Å². The molecule has 2 aromatic carbocycles. The van der Waals surface area contributed by atoms with E-state index in [-0.39, 0.29) is 0 Å². The Morgan fingerprint density at radius 3 is 2.50 bits per heavy atom. The normalized spacial score (nSPS) is 10.2. The second-order valence-electron chi connectivity index (χ2n) is 3.82. The maximum absolute atomic E-state index is 10.6. The Bertz CT molecular complexity index is 594. The summed E-state index contributed by atoms with van der Waals surface area (Å²) in [4.78, 5) is 10.6. The highest BCUT2D eigenvalue weighted by Gasteiger charge is 2.07. The zero-order valence-corrected chi connectivity index (χ0v) is 11.1. The van der Waals surface area contributed by atoms with Crippen LogP contribution in [0.25, 0.3) is 0 Å². The van der Waals surface area contributed by atoms with Crippen molar-refractivity contribution in [1.82, 2.24) is 0 Å². The van der Waals surface area contributed by atoms with Crippen LogP contribution in [0, 0.1) is 6.92 Å². The molecule has 0 unspecified atom stereocenters. The maximum atomic E-state index is 10.6. The number of hydrogen-bond acceptors (Lipinski definition) is 2. The number of hydrogen-bond donors (Lipinski definition) is 0. The average Bonchev–Trinajstić information content (AvgIpc) is 2.36. The summed E-state index contributed by atoms with van der Waals surface area (Å²) in [5, 5.41) is 1.04. The van der Waals surface area contributed by atoms with Gasteiger partial charge in [0.1, 0.15) is 17.8 Å². The number of aldehydes is 1. The van der Waals surface area contributed by atoms with Crippen molar-refractivity contribution in [3.05, 3.63) is 57.6 Å². The Hall–Kier alpha value is -1.51. The molecule has 92 valence electrons. The highest BCUT2D eigenvalue weighted by atomic mass is 35.5. The number of ether oxygens (including phenoxy) is 1. The van der Waals surface area contributed by atoms with E-state index in [1.807, 2.05) is 6.92 Å². The molecule has 0 saturated heterocycles. The lowest BCUT2D eigenvalue weighted by molar-refractivity contribution is 0.112. The third-order valence-electron chi connectivity index (χ3n) is 2.45. The second kappa shape index (κ2) is 5.42. The number of benzene rings is 2. The maximum Gasteiger partial charge on any atom is 0.150 e. The van der Waals surface area contributed by atoms with Gasteiger partial charge in [0.05, 0.1) is 5.02 Å². The Balaban J connectivity index is 2.34. The summed E-state index contributed by atoms with van der Waals surface area (Å²) >= 11 is 11.9. The molecule has 2 nitrogen and oxygen atoms in total. The van der Waals surface area contributed by atoms with Crippen LogP contribution in [0.1, 0.15) is 15.9 Å². The molecule has 0 bridgehead atoms. The summed E-state index contributed by atoms with van der Waals surface area (Å²) in [6.07, 6.45) is 0.795. The minimum atomic E-state index is 0.485. The first-order valence-corrected chi connectivity index (χ1v) is 6.04. The van der Waals surface area contributed by atoms with Crippen LogP contribution in [0.2, 0.25) is 10.0 Å². The molecule has 0 N–H and O–H groups in total. The molecule has 0 heterocycles. The molecular weight excluding hydrogens is 271 g/mol. The van der Waals surface area contributed by atoms with Crippen LogP contribution in [0.15, 0.2) is 36.4 Å². The monoisotopic (exact) mass is 280 g/mol.